The van der Waals surface area contributed by atoms with E-state index in [-0.39, 0.29) is 0 Å². The molecule has 6 unspecified atom stereocenters. The maximum atomic E-state index is 14.1. The number of hydrogen-bond donors (Lipinski definition) is 1. The largest absolute Gasteiger partial charge is 0.319 e. The van der Waals surface area contributed by atoms with Gasteiger partial charge in [0, 0.05) is 25.8 Å². The second-order valence-electron chi connectivity index (χ2n) is 7.14. The van der Waals surface area contributed by atoms with Gasteiger partial charge in [0.1, 0.15) is 18.4 Å². The standard InChI is InChI=1S/C16H29FN2/c1-12-18(2)15-9-5-6-10-16(15)19(12)11-13-7-3-4-8-14(13)17/h12-16H,3-11H2,1-2H3/p+1. The summed E-state index contributed by atoms with van der Waals surface area (Å²) < 4.78 is 14.1. The quantitative estimate of drug-likeness (QED) is 0.806. The predicted molar refractivity (Wildman–Crippen MR) is 76.0 cm³/mol. The van der Waals surface area contributed by atoms with Crippen LogP contribution in [0.4, 0.5) is 4.39 Å². The maximum absolute atomic E-state index is 14.1. The number of nitrogens with one attached hydrogen (secondary N) is 1. The van der Waals surface area contributed by atoms with Crippen LogP contribution < -0.4 is 4.90 Å². The third-order valence-electron chi connectivity index (χ3n) is 6.16. The minimum atomic E-state index is -0.538. The summed E-state index contributed by atoms with van der Waals surface area (Å²) in [7, 11) is 2.35. The summed E-state index contributed by atoms with van der Waals surface area (Å²) in [6, 6.07) is 1.54. The molecule has 0 aromatic rings. The molecule has 1 N–H and O–H groups in total. The molecule has 3 aliphatic rings. The first-order chi connectivity index (χ1) is 9.18. The summed E-state index contributed by atoms with van der Waals surface area (Å²) in [4.78, 5) is 4.35. The second-order valence-corrected chi connectivity index (χ2v) is 7.14. The number of likely N-dealkylation sites (N-methyl/N-ethyl adjacent to an activating group) is 1. The van der Waals surface area contributed by atoms with Crippen LogP contribution in [0.5, 0.6) is 0 Å². The Balaban J connectivity index is 1.68. The first-order valence-corrected chi connectivity index (χ1v) is 8.41. The highest BCUT2D eigenvalue weighted by molar-refractivity contribution is 4.90. The summed E-state index contributed by atoms with van der Waals surface area (Å²) in [6.07, 6.45) is 9.80. The molecular weight excluding hydrogens is 239 g/mol. The summed E-state index contributed by atoms with van der Waals surface area (Å²) in [5.41, 5.74) is 0. The molecule has 3 fully saturated rings. The fraction of sp³-hybridized carbons (Fsp3) is 1.00. The van der Waals surface area contributed by atoms with E-state index in [1.807, 2.05) is 0 Å². The number of hydrogen-bond acceptors (Lipinski definition) is 1. The van der Waals surface area contributed by atoms with Crippen molar-refractivity contribution in [3.63, 3.8) is 0 Å². The van der Waals surface area contributed by atoms with Gasteiger partial charge < -0.3 is 4.90 Å². The highest BCUT2D eigenvalue weighted by atomic mass is 19.1. The number of halogens is 1. The highest BCUT2D eigenvalue weighted by Crippen LogP contribution is 2.32. The number of alkyl halides is 1. The van der Waals surface area contributed by atoms with Crippen molar-refractivity contribution in [2.75, 3.05) is 13.6 Å². The van der Waals surface area contributed by atoms with Crippen LogP contribution in [-0.2, 0) is 0 Å². The molecule has 0 radical (unpaired) electrons. The lowest BCUT2D eigenvalue weighted by molar-refractivity contribution is -0.921. The molecule has 3 rings (SSSR count). The molecule has 2 saturated carbocycles. The molecule has 0 aromatic heterocycles. The van der Waals surface area contributed by atoms with Crippen LogP contribution in [0.1, 0.15) is 58.3 Å². The van der Waals surface area contributed by atoms with Gasteiger partial charge in [-0.2, -0.15) is 0 Å². The number of quaternary nitrogens is 1. The van der Waals surface area contributed by atoms with Crippen LogP contribution in [0.3, 0.4) is 0 Å². The van der Waals surface area contributed by atoms with E-state index in [0.717, 1.165) is 37.9 Å². The van der Waals surface area contributed by atoms with Gasteiger partial charge in [-0.25, -0.2) is 9.29 Å². The zero-order chi connectivity index (χ0) is 13.4. The van der Waals surface area contributed by atoms with Crippen LogP contribution in [0, 0.1) is 5.92 Å². The fourth-order valence-electron chi connectivity index (χ4n) is 4.83. The van der Waals surface area contributed by atoms with E-state index in [1.165, 1.54) is 32.1 Å². The molecule has 19 heavy (non-hydrogen) atoms. The first-order valence-electron chi connectivity index (χ1n) is 8.41. The minimum absolute atomic E-state index is 0.310. The molecule has 0 spiro atoms. The summed E-state index contributed by atoms with van der Waals surface area (Å²) >= 11 is 0. The Morgan fingerprint density at radius 2 is 1.74 bits per heavy atom. The first kappa shape index (κ1) is 13.8. The summed E-state index contributed by atoms with van der Waals surface area (Å²) in [5, 5.41) is 0. The zero-order valence-corrected chi connectivity index (χ0v) is 12.6. The van der Waals surface area contributed by atoms with Crippen molar-refractivity contribution < 1.29 is 9.29 Å². The van der Waals surface area contributed by atoms with Crippen molar-refractivity contribution in [1.82, 2.24) is 4.90 Å². The van der Waals surface area contributed by atoms with Crippen LogP contribution >= 0.6 is 0 Å². The van der Waals surface area contributed by atoms with E-state index in [2.05, 4.69) is 18.9 Å². The van der Waals surface area contributed by atoms with Gasteiger partial charge in [0.25, 0.3) is 0 Å². The van der Waals surface area contributed by atoms with E-state index < -0.39 is 6.17 Å². The highest BCUT2D eigenvalue weighted by Gasteiger charge is 2.48. The van der Waals surface area contributed by atoms with Crippen molar-refractivity contribution >= 4 is 0 Å². The maximum Gasteiger partial charge on any atom is 0.141 e. The van der Waals surface area contributed by atoms with E-state index in [4.69, 9.17) is 0 Å². The lowest BCUT2D eigenvalue weighted by atomic mass is 9.85. The van der Waals surface area contributed by atoms with Gasteiger partial charge in [-0.3, -0.25) is 0 Å². The Hall–Kier alpha value is -0.150. The van der Waals surface area contributed by atoms with E-state index in [0.29, 0.717) is 12.1 Å². The molecule has 1 heterocycles. The Morgan fingerprint density at radius 1 is 1.05 bits per heavy atom. The van der Waals surface area contributed by atoms with Crippen molar-refractivity contribution in [2.24, 2.45) is 5.92 Å². The van der Waals surface area contributed by atoms with Crippen LogP contribution in [0.25, 0.3) is 0 Å². The molecule has 2 nitrogen and oxygen atoms in total. The summed E-state index contributed by atoms with van der Waals surface area (Å²) in [5.74, 6) is 0.310. The van der Waals surface area contributed by atoms with Gasteiger partial charge in [-0.1, -0.05) is 19.3 Å². The number of rotatable bonds is 2. The Labute approximate surface area is 117 Å². The normalized spacial score (nSPS) is 48.2. The van der Waals surface area contributed by atoms with Gasteiger partial charge in [-0.15, -0.1) is 0 Å². The molecule has 3 heteroatoms. The molecule has 0 aromatic carbocycles. The average Bonchev–Trinajstić information content (AvgIpc) is 2.67. The molecule has 0 amide bonds. The fourth-order valence-corrected chi connectivity index (χ4v) is 4.83. The molecule has 0 bridgehead atoms. The molecule has 2 aliphatic carbocycles. The third kappa shape index (κ3) is 2.56. The second kappa shape index (κ2) is 5.69. The summed E-state index contributed by atoms with van der Waals surface area (Å²) in [6.45, 7) is 3.37. The minimum Gasteiger partial charge on any atom is -0.319 e. The smallest absolute Gasteiger partial charge is 0.141 e. The zero-order valence-electron chi connectivity index (χ0n) is 12.6. The average molecular weight is 269 g/mol. The monoisotopic (exact) mass is 269 g/mol. The van der Waals surface area contributed by atoms with Crippen LogP contribution in [-0.4, -0.2) is 42.9 Å². The Morgan fingerprint density at radius 3 is 2.53 bits per heavy atom. The third-order valence-corrected chi connectivity index (χ3v) is 6.16. The number of fused-ring (bicyclic) bond motifs is 1. The van der Waals surface area contributed by atoms with E-state index >= 15 is 0 Å². The van der Waals surface area contributed by atoms with Crippen LogP contribution in [0.2, 0.25) is 0 Å². The van der Waals surface area contributed by atoms with E-state index in [1.54, 1.807) is 4.90 Å². The van der Waals surface area contributed by atoms with Gasteiger partial charge in [0.05, 0.1) is 13.1 Å². The predicted octanol–water partition coefficient (Wildman–Crippen LogP) is 2.00. The SMILES string of the molecule is CC1N(CC2CCCCC2F)C2CCCCC2[NH+]1C. The topological polar surface area (TPSA) is 7.68 Å². The Kier molecular flexibility index (Phi) is 4.14. The van der Waals surface area contributed by atoms with Gasteiger partial charge in [0.2, 0.25) is 0 Å². The van der Waals surface area contributed by atoms with Crippen LogP contribution in [0.15, 0.2) is 0 Å². The molecule has 110 valence electrons. The Bertz CT molecular complexity index is 309. The molecular formula is C16H30FN2+. The molecule has 1 aliphatic heterocycles. The van der Waals surface area contributed by atoms with Crippen molar-refractivity contribution in [2.45, 2.75) is 82.7 Å². The number of nitrogens with zero attached hydrogens (tertiary/aromatic N) is 1. The van der Waals surface area contributed by atoms with Crippen molar-refractivity contribution in [3.8, 4) is 0 Å². The lowest BCUT2D eigenvalue weighted by Gasteiger charge is -2.34. The lowest BCUT2D eigenvalue weighted by Crippen LogP contribution is -3.15. The van der Waals surface area contributed by atoms with Crippen molar-refractivity contribution in [1.29, 1.82) is 0 Å². The van der Waals surface area contributed by atoms with Gasteiger partial charge in [0.15, 0.2) is 0 Å². The van der Waals surface area contributed by atoms with Gasteiger partial charge in [-0.05, 0) is 25.7 Å². The molecule has 6 atom stereocenters. The van der Waals surface area contributed by atoms with Crippen molar-refractivity contribution in [3.05, 3.63) is 0 Å². The van der Waals surface area contributed by atoms with E-state index in [9.17, 15) is 4.39 Å². The van der Waals surface area contributed by atoms with Gasteiger partial charge >= 0.3 is 0 Å². The molecule has 1 saturated heterocycles.